The number of halogens is 1. The number of nitrogens with one attached hydrogen (secondary N) is 1. The molecule has 0 fully saturated rings. The van der Waals surface area contributed by atoms with Gasteiger partial charge in [-0.25, -0.2) is 8.42 Å². The van der Waals surface area contributed by atoms with Crippen LogP contribution in [0.4, 0.5) is 5.69 Å². The molecule has 2 rings (SSSR count). The average Bonchev–Trinajstić information content (AvgIpc) is 2.63. The average molecular weight is 455 g/mol. The number of carbonyl (C=O) groups excluding carboxylic acids is 1. The van der Waals surface area contributed by atoms with Crippen LogP contribution in [0.1, 0.15) is 26.3 Å². The number of rotatable bonds is 8. The van der Waals surface area contributed by atoms with Crippen LogP contribution in [0.25, 0.3) is 0 Å². The molecule has 0 heterocycles. The normalized spacial score (nSPS) is 11.9. The van der Waals surface area contributed by atoms with Crippen molar-refractivity contribution in [3.63, 3.8) is 0 Å². The van der Waals surface area contributed by atoms with Crippen molar-refractivity contribution in [2.45, 2.75) is 37.3 Å². The summed E-state index contributed by atoms with van der Waals surface area (Å²) < 4.78 is 27.7. The minimum absolute atomic E-state index is 0.0829. The van der Waals surface area contributed by atoms with E-state index < -0.39 is 10.0 Å². The van der Waals surface area contributed by atoms with Gasteiger partial charge in [-0.05, 0) is 48.9 Å². The number of nitrogens with zero attached hydrogens (tertiary/aromatic N) is 1. The highest BCUT2D eigenvalue weighted by Gasteiger charge is 2.27. The molecule has 2 aromatic carbocycles. The highest BCUT2D eigenvalue weighted by Crippen LogP contribution is 2.25. The van der Waals surface area contributed by atoms with Gasteiger partial charge in [0.25, 0.3) is 10.0 Å². The molecule has 158 valence electrons. The van der Waals surface area contributed by atoms with Gasteiger partial charge in [-0.3, -0.25) is 9.10 Å². The first-order valence-corrected chi connectivity index (χ1v) is 12.0. The van der Waals surface area contributed by atoms with E-state index in [4.69, 9.17) is 11.6 Å². The molecule has 0 saturated carbocycles. The van der Waals surface area contributed by atoms with Gasteiger partial charge >= 0.3 is 0 Å². The number of hydrogen-bond acceptors (Lipinski definition) is 4. The lowest BCUT2D eigenvalue weighted by atomic mass is 10.2. The minimum atomic E-state index is -3.93. The highest BCUT2D eigenvalue weighted by molar-refractivity contribution is 8.00. The first kappa shape index (κ1) is 23.6. The van der Waals surface area contributed by atoms with Gasteiger partial charge in [0.2, 0.25) is 5.91 Å². The number of carbonyl (C=O) groups is 1. The van der Waals surface area contributed by atoms with Gasteiger partial charge in [-0.2, -0.15) is 11.8 Å². The summed E-state index contributed by atoms with van der Waals surface area (Å²) in [5.74, 6) is 0.405. The first-order valence-electron chi connectivity index (χ1n) is 9.25. The standard InChI is InChI=1S/C21H27ClN2O3S2/c1-16-6-5-7-18(14-16)24(15-20(25)23-12-13-28-21(2,3)4)29(26,27)19-10-8-17(22)9-11-19/h5-11,14H,12-13,15H2,1-4H3,(H,23,25). The van der Waals surface area contributed by atoms with Crippen LogP contribution < -0.4 is 9.62 Å². The molecule has 0 radical (unpaired) electrons. The summed E-state index contributed by atoms with van der Waals surface area (Å²) in [7, 11) is -3.93. The van der Waals surface area contributed by atoms with Crippen LogP contribution in [-0.2, 0) is 14.8 Å². The first-order chi connectivity index (χ1) is 13.5. The third kappa shape index (κ3) is 7.24. The molecule has 0 aliphatic carbocycles. The van der Waals surface area contributed by atoms with Gasteiger partial charge in [-0.1, -0.05) is 44.5 Å². The van der Waals surface area contributed by atoms with Gasteiger partial charge in [0.05, 0.1) is 10.6 Å². The summed E-state index contributed by atoms with van der Waals surface area (Å²) in [5.41, 5.74) is 1.35. The Morgan fingerprint density at radius 2 is 1.79 bits per heavy atom. The molecule has 0 atom stereocenters. The van der Waals surface area contributed by atoms with E-state index >= 15 is 0 Å². The van der Waals surface area contributed by atoms with Crippen LogP contribution >= 0.6 is 23.4 Å². The highest BCUT2D eigenvalue weighted by atomic mass is 35.5. The number of benzene rings is 2. The van der Waals surface area contributed by atoms with Gasteiger partial charge in [0, 0.05) is 22.1 Å². The van der Waals surface area contributed by atoms with Crippen LogP contribution in [0.5, 0.6) is 0 Å². The van der Waals surface area contributed by atoms with Crippen LogP contribution in [0.15, 0.2) is 53.4 Å². The predicted octanol–water partition coefficient (Wildman–Crippen LogP) is 4.49. The Labute approximate surface area is 182 Å². The number of hydrogen-bond donors (Lipinski definition) is 1. The maximum absolute atomic E-state index is 13.3. The Morgan fingerprint density at radius 3 is 2.38 bits per heavy atom. The van der Waals surface area contributed by atoms with Crippen LogP contribution in [0, 0.1) is 6.92 Å². The lowest BCUT2D eigenvalue weighted by molar-refractivity contribution is -0.119. The lowest BCUT2D eigenvalue weighted by Crippen LogP contribution is -2.41. The van der Waals surface area contributed by atoms with Crippen molar-refractivity contribution in [1.29, 1.82) is 0 Å². The van der Waals surface area contributed by atoms with Crippen LogP contribution in [0.3, 0.4) is 0 Å². The maximum Gasteiger partial charge on any atom is 0.264 e. The molecule has 0 aliphatic rings. The second-order valence-corrected chi connectivity index (χ2v) is 11.8. The Hall–Kier alpha value is -1.70. The van der Waals surface area contributed by atoms with E-state index in [1.165, 1.54) is 24.3 Å². The zero-order chi connectivity index (χ0) is 21.7. The molecule has 0 unspecified atom stereocenters. The van der Waals surface area contributed by atoms with E-state index in [0.717, 1.165) is 15.6 Å². The monoisotopic (exact) mass is 454 g/mol. The third-order valence-electron chi connectivity index (χ3n) is 3.94. The molecule has 0 saturated heterocycles. The van der Waals surface area contributed by atoms with Crippen molar-refractivity contribution in [3.8, 4) is 0 Å². The van der Waals surface area contributed by atoms with E-state index in [1.54, 1.807) is 30.0 Å². The number of amides is 1. The quantitative estimate of drug-likeness (QED) is 0.596. The topological polar surface area (TPSA) is 66.5 Å². The summed E-state index contributed by atoms with van der Waals surface area (Å²) in [6, 6.07) is 13.0. The summed E-state index contributed by atoms with van der Waals surface area (Å²) in [4.78, 5) is 12.6. The zero-order valence-corrected chi connectivity index (χ0v) is 19.5. The molecule has 0 spiro atoms. The van der Waals surface area contributed by atoms with Crippen molar-refractivity contribution in [1.82, 2.24) is 5.32 Å². The Balaban J connectivity index is 2.22. The van der Waals surface area contributed by atoms with E-state index in [1.807, 2.05) is 13.0 Å². The molecular formula is C21H27ClN2O3S2. The molecule has 5 nitrogen and oxygen atoms in total. The Kier molecular flexibility index (Phi) is 8.02. The Bertz CT molecular complexity index is 939. The smallest absolute Gasteiger partial charge is 0.264 e. The molecule has 0 bridgehead atoms. The van der Waals surface area contributed by atoms with E-state index in [2.05, 4.69) is 26.1 Å². The van der Waals surface area contributed by atoms with Crippen molar-refractivity contribution >= 4 is 45.0 Å². The second-order valence-electron chi connectivity index (χ2n) is 7.62. The minimum Gasteiger partial charge on any atom is -0.354 e. The molecule has 2 aromatic rings. The SMILES string of the molecule is Cc1cccc(N(CC(=O)NCCSC(C)(C)C)S(=O)(=O)c2ccc(Cl)cc2)c1. The molecule has 0 aromatic heterocycles. The van der Waals surface area contributed by atoms with Crippen molar-refractivity contribution in [2.24, 2.45) is 0 Å². The second kappa shape index (κ2) is 9.87. The summed E-state index contributed by atoms with van der Waals surface area (Å²) in [6.07, 6.45) is 0. The van der Waals surface area contributed by atoms with Gasteiger partial charge in [0.15, 0.2) is 0 Å². The van der Waals surface area contributed by atoms with Crippen molar-refractivity contribution in [3.05, 3.63) is 59.1 Å². The van der Waals surface area contributed by atoms with E-state index in [-0.39, 0.29) is 22.1 Å². The molecule has 8 heteroatoms. The fourth-order valence-electron chi connectivity index (χ4n) is 2.57. The summed E-state index contributed by atoms with van der Waals surface area (Å²) in [5, 5.41) is 3.26. The number of sulfonamides is 1. The van der Waals surface area contributed by atoms with E-state index in [9.17, 15) is 13.2 Å². The van der Waals surface area contributed by atoms with Crippen molar-refractivity contribution < 1.29 is 13.2 Å². The predicted molar refractivity (Wildman–Crippen MR) is 122 cm³/mol. The van der Waals surface area contributed by atoms with Crippen LogP contribution in [-0.4, -0.2) is 37.9 Å². The van der Waals surface area contributed by atoms with Crippen LogP contribution in [0.2, 0.25) is 5.02 Å². The number of aryl methyl sites for hydroxylation is 1. The largest absolute Gasteiger partial charge is 0.354 e. The number of anilines is 1. The van der Waals surface area contributed by atoms with E-state index in [0.29, 0.717) is 17.3 Å². The molecule has 29 heavy (non-hydrogen) atoms. The Morgan fingerprint density at radius 1 is 1.14 bits per heavy atom. The molecule has 0 aliphatic heterocycles. The molecular weight excluding hydrogens is 428 g/mol. The van der Waals surface area contributed by atoms with Gasteiger partial charge < -0.3 is 5.32 Å². The number of thioether (sulfide) groups is 1. The third-order valence-corrected chi connectivity index (χ3v) is 7.25. The lowest BCUT2D eigenvalue weighted by Gasteiger charge is -2.24. The molecule has 1 N–H and O–H groups in total. The zero-order valence-electron chi connectivity index (χ0n) is 17.1. The fourth-order valence-corrected chi connectivity index (χ4v) is 4.92. The van der Waals surface area contributed by atoms with Crippen molar-refractivity contribution in [2.75, 3.05) is 23.1 Å². The maximum atomic E-state index is 13.3. The van der Waals surface area contributed by atoms with Gasteiger partial charge in [-0.15, -0.1) is 0 Å². The molecule has 1 amide bonds. The summed E-state index contributed by atoms with van der Waals surface area (Å²) >= 11 is 7.63. The summed E-state index contributed by atoms with van der Waals surface area (Å²) in [6.45, 7) is 8.38. The van der Waals surface area contributed by atoms with Gasteiger partial charge in [0.1, 0.15) is 6.54 Å². The fraction of sp³-hybridized carbons (Fsp3) is 0.381.